The van der Waals surface area contributed by atoms with Gasteiger partial charge in [0.1, 0.15) is 11.8 Å². The van der Waals surface area contributed by atoms with E-state index < -0.39 is 6.04 Å². The van der Waals surface area contributed by atoms with E-state index in [1.807, 2.05) is 51.1 Å². The summed E-state index contributed by atoms with van der Waals surface area (Å²) in [7, 11) is 1.37. The molecule has 0 aliphatic rings. The number of esters is 1. The Bertz CT molecular complexity index is 1110. The standard InChI is InChI=1S/C23H26N2O4S/c1-5-13-29-17-11-12-20-19(14-17)25(18(6-2)22(27)28-4)23(30-20)24-21(26)16-9-7-15(3)8-10-16/h7-12,14,18H,5-6,13H2,1-4H3. The Kier molecular flexibility index (Phi) is 7.05. The first-order valence-electron chi connectivity index (χ1n) is 9.99. The van der Waals surface area contributed by atoms with Gasteiger partial charge >= 0.3 is 5.97 Å². The van der Waals surface area contributed by atoms with Crippen molar-refractivity contribution in [3.8, 4) is 5.75 Å². The second-order valence-corrected chi connectivity index (χ2v) is 7.97. The Morgan fingerprint density at radius 1 is 1.13 bits per heavy atom. The smallest absolute Gasteiger partial charge is 0.328 e. The molecule has 1 heterocycles. The van der Waals surface area contributed by atoms with Gasteiger partial charge in [-0.1, -0.05) is 42.9 Å². The van der Waals surface area contributed by atoms with E-state index >= 15 is 0 Å². The van der Waals surface area contributed by atoms with E-state index in [0.29, 0.717) is 29.1 Å². The van der Waals surface area contributed by atoms with E-state index in [0.717, 1.165) is 22.2 Å². The molecular weight excluding hydrogens is 400 g/mol. The fourth-order valence-corrected chi connectivity index (χ4v) is 4.20. The lowest BCUT2D eigenvalue weighted by Crippen LogP contribution is -2.28. The van der Waals surface area contributed by atoms with Crippen LogP contribution in [0.2, 0.25) is 0 Å². The number of nitrogens with zero attached hydrogens (tertiary/aromatic N) is 2. The molecular formula is C23H26N2O4S. The van der Waals surface area contributed by atoms with Crippen molar-refractivity contribution in [1.29, 1.82) is 0 Å². The van der Waals surface area contributed by atoms with Gasteiger partial charge in [0.25, 0.3) is 5.91 Å². The highest BCUT2D eigenvalue weighted by Crippen LogP contribution is 2.27. The summed E-state index contributed by atoms with van der Waals surface area (Å²) >= 11 is 1.37. The van der Waals surface area contributed by atoms with Crippen LogP contribution in [0.5, 0.6) is 5.75 Å². The number of thiazole rings is 1. The number of methoxy groups -OCH3 is 1. The van der Waals surface area contributed by atoms with Crippen molar-refractivity contribution in [2.45, 2.75) is 39.7 Å². The van der Waals surface area contributed by atoms with Crippen LogP contribution in [0, 0.1) is 6.92 Å². The number of rotatable bonds is 7. The van der Waals surface area contributed by atoms with Crippen molar-refractivity contribution in [3.05, 3.63) is 58.4 Å². The molecule has 3 rings (SSSR count). The molecule has 1 aromatic heterocycles. The minimum absolute atomic E-state index is 0.350. The van der Waals surface area contributed by atoms with Crippen LogP contribution in [0.3, 0.4) is 0 Å². The lowest BCUT2D eigenvalue weighted by atomic mass is 10.1. The summed E-state index contributed by atoms with van der Waals surface area (Å²) in [5.41, 5.74) is 2.36. The van der Waals surface area contributed by atoms with Gasteiger partial charge in [-0.05, 0) is 44.0 Å². The van der Waals surface area contributed by atoms with Gasteiger partial charge in [0.15, 0.2) is 4.80 Å². The maximum Gasteiger partial charge on any atom is 0.328 e. The Labute approximate surface area is 179 Å². The SMILES string of the molecule is CCCOc1ccc2sc(=NC(=O)c3ccc(C)cc3)n(C(CC)C(=O)OC)c2c1. The highest BCUT2D eigenvalue weighted by Gasteiger charge is 2.24. The zero-order valence-electron chi connectivity index (χ0n) is 17.7. The minimum atomic E-state index is -0.588. The van der Waals surface area contributed by atoms with Crippen LogP contribution < -0.4 is 9.54 Å². The van der Waals surface area contributed by atoms with Crippen LogP contribution in [-0.4, -0.2) is 30.2 Å². The number of aryl methyl sites for hydroxylation is 1. The average Bonchev–Trinajstić information content (AvgIpc) is 3.10. The number of ether oxygens (including phenoxy) is 2. The molecule has 0 spiro atoms. The van der Waals surface area contributed by atoms with Crippen molar-refractivity contribution in [2.75, 3.05) is 13.7 Å². The summed E-state index contributed by atoms with van der Waals surface area (Å²) in [4.78, 5) is 30.1. The third-order valence-corrected chi connectivity index (χ3v) is 5.77. The Hall–Kier alpha value is -2.93. The molecule has 0 saturated heterocycles. The number of carbonyl (C=O) groups excluding carboxylic acids is 2. The van der Waals surface area contributed by atoms with Crippen LogP contribution in [0.4, 0.5) is 0 Å². The van der Waals surface area contributed by atoms with Crippen LogP contribution in [-0.2, 0) is 9.53 Å². The van der Waals surface area contributed by atoms with Crippen LogP contribution in [0.15, 0.2) is 47.5 Å². The largest absolute Gasteiger partial charge is 0.494 e. The number of aromatic nitrogens is 1. The van der Waals surface area contributed by atoms with Crippen molar-refractivity contribution in [1.82, 2.24) is 4.57 Å². The molecule has 7 heteroatoms. The third-order valence-electron chi connectivity index (χ3n) is 4.74. The average molecular weight is 427 g/mol. The number of carbonyl (C=O) groups is 2. The van der Waals surface area contributed by atoms with Crippen LogP contribution >= 0.6 is 11.3 Å². The molecule has 0 N–H and O–H groups in total. The number of hydrogen-bond donors (Lipinski definition) is 0. The molecule has 0 saturated carbocycles. The maximum absolute atomic E-state index is 12.8. The van der Waals surface area contributed by atoms with E-state index in [9.17, 15) is 9.59 Å². The molecule has 1 unspecified atom stereocenters. The maximum atomic E-state index is 12.8. The zero-order chi connectivity index (χ0) is 21.7. The molecule has 0 aliphatic heterocycles. The van der Waals surface area contributed by atoms with E-state index in [1.54, 1.807) is 16.7 Å². The number of hydrogen-bond acceptors (Lipinski definition) is 5. The van der Waals surface area contributed by atoms with Crippen LogP contribution in [0.1, 0.15) is 48.7 Å². The lowest BCUT2D eigenvalue weighted by molar-refractivity contribution is -0.144. The first kappa shape index (κ1) is 21.8. The third kappa shape index (κ3) is 4.62. The molecule has 6 nitrogen and oxygen atoms in total. The van der Waals surface area contributed by atoms with Gasteiger partial charge in [0, 0.05) is 11.6 Å². The fourth-order valence-electron chi connectivity index (χ4n) is 3.15. The molecule has 0 aliphatic carbocycles. The molecule has 0 bridgehead atoms. The quantitative estimate of drug-likeness (QED) is 0.515. The number of fused-ring (bicyclic) bond motifs is 1. The van der Waals surface area contributed by atoms with Gasteiger partial charge in [0.2, 0.25) is 0 Å². The van der Waals surface area contributed by atoms with Crippen LogP contribution in [0.25, 0.3) is 10.2 Å². The minimum Gasteiger partial charge on any atom is -0.494 e. The van der Waals surface area contributed by atoms with Gasteiger partial charge in [-0.2, -0.15) is 4.99 Å². The van der Waals surface area contributed by atoms with Crippen molar-refractivity contribution in [2.24, 2.45) is 4.99 Å². The second kappa shape index (κ2) is 9.71. The molecule has 2 aromatic carbocycles. The van der Waals surface area contributed by atoms with Crippen molar-refractivity contribution >= 4 is 33.4 Å². The van der Waals surface area contributed by atoms with Gasteiger partial charge in [-0.3, -0.25) is 4.79 Å². The van der Waals surface area contributed by atoms with Gasteiger partial charge in [0.05, 0.1) is 23.9 Å². The van der Waals surface area contributed by atoms with E-state index in [-0.39, 0.29) is 11.9 Å². The monoisotopic (exact) mass is 426 g/mol. The highest BCUT2D eigenvalue weighted by molar-refractivity contribution is 7.16. The van der Waals surface area contributed by atoms with E-state index in [2.05, 4.69) is 4.99 Å². The number of benzene rings is 2. The molecule has 0 fully saturated rings. The molecule has 0 radical (unpaired) electrons. The number of amides is 1. The summed E-state index contributed by atoms with van der Waals surface area (Å²) in [6.07, 6.45) is 1.40. The van der Waals surface area contributed by atoms with Crippen molar-refractivity contribution < 1.29 is 19.1 Å². The zero-order valence-corrected chi connectivity index (χ0v) is 18.5. The predicted octanol–water partition coefficient (Wildman–Crippen LogP) is 4.67. The molecule has 1 amide bonds. The summed E-state index contributed by atoms with van der Waals surface area (Å²) in [6.45, 7) is 6.52. The predicted molar refractivity (Wildman–Crippen MR) is 118 cm³/mol. The molecule has 1 atom stereocenters. The molecule has 30 heavy (non-hydrogen) atoms. The fraction of sp³-hybridized carbons (Fsp3) is 0.348. The Morgan fingerprint density at radius 3 is 2.50 bits per heavy atom. The first-order valence-corrected chi connectivity index (χ1v) is 10.8. The summed E-state index contributed by atoms with van der Waals surface area (Å²) in [5.74, 6) is -0.00849. The summed E-state index contributed by atoms with van der Waals surface area (Å²) < 4.78 is 13.5. The van der Waals surface area contributed by atoms with Crippen molar-refractivity contribution in [3.63, 3.8) is 0 Å². The second-order valence-electron chi connectivity index (χ2n) is 6.96. The highest BCUT2D eigenvalue weighted by atomic mass is 32.1. The molecule has 3 aromatic rings. The molecule has 158 valence electrons. The van der Waals surface area contributed by atoms with Gasteiger partial charge in [-0.15, -0.1) is 0 Å². The lowest BCUT2D eigenvalue weighted by Gasteiger charge is -2.16. The van der Waals surface area contributed by atoms with Gasteiger partial charge < -0.3 is 14.0 Å². The summed E-state index contributed by atoms with van der Waals surface area (Å²) in [5, 5.41) is 0. The first-order chi connectivity index (χ1) is 14.5. The van der Waals surface area contributed by atoms with E-state index in [1.165, 1.54) is 18.4 Å². The Morgan fingerprint density at radius 2 is 1.87 bits per heavy atom. The van der Waals surface area contributed by atoms with Gasteiger partial charge in [-0.25, -0.2) is 4.79 Å². The summed E-state index contributed by atoms with van der Waals surface area (Å²) in [6, 6.07) is 12.4. The van der Waals surface area contributed by atoms with E-state index in [4.69, 9.17) is 9.47 Å². The Balaban J connectivity index is 2.18. The topological polar surface area (TPSA) is 69.9 Å². The normalized spacial score (nSPS) is 12.7.